The first-order valence-electron chi connectivity index (χ1n) is 4.90. The van der Waals surface area contributed by atoms with Gasteiger partial charge in [0, 0.05) is 20.1 Å². The first kappa shape index (κ1) is 15.7. The normalized spacial score (nSPS) is 13.4. The molecular formula is C8H17F3N2O2S. The Morgan fingerprint density at radius 3 is 2.31 bits per heavy atom. The summed E-state index contributed by atoms with van der Waals surface area (Å²) in [6.45, 7) is 2.16. The Bertz CT molecular complexity index is 290. The van der Waals surface area contributed by atoms with Gasteiger partial charge in [-0.3, -0.25) is 0 Å². The van der Waals surface area contributed by atoms with Gasteiger partial charge in [0.1, 0.15) is 0 Å². The molecule has 0 bridgehead atoms. The van der Waals surface area contributed by atoms with Crippen LogP contribution in [-0.2, 0) is 10.0 Å². The molecule has 0 saturated carbocycles. The highest BCUT2D eigenvalue weighted by Gasteiger charge is 2.29. The molecule has 0 aliphatic rings. The van der Waals surface area contributed by atoms with Gasteiger partial charge in [-0.2, -0.15) is 13.2 Å². The maximum absolute atomic E-state index is 11.9. The number of sulfonamides is 1. The van der Waals surface area contributed by atoms with Gasteiger partial charge in [-0.05, 0) is 6.54 Å². The lowest BCUT2D eigenvalue weighted by Gasteiger charge is -2.17. The quantitative estimate of drug-likeness (QED) is 0.691. The summed E-state index contributed by atoms with van der Waals surface area (Å²) in [5, 5.41) is 2.80. The Labute approximate surface area is 93.9 Å². The highest BCUT2D eigenvalue weighted by molar-refractivity contribution is 7.89. The highest BCUT2D eigenvalue weighted by Crippen LogP contribution is 2.20. The van der Waals surface area contributed by atoms with Crippen LogP contribution in [0.3, 0.4) is 0 Å². The van der Waals surface area contributed by atoms with Crippen molar-refractivity contribution in [3.05, 3.63) is 0 Å². The minimum Gasteiger partial charge on any atom is -0.316 e. The number of halogens is 3. The fourth-order valence-electron chi connectivity index (χ4n) is 0.957. The molecule has 4 nitrogen and oxygen atoms in total. The number of rotatable bonds is 7. The van der Waals surface area contributed by atoms with E-state index >= 15 is 0 Å². The van der Waals surface area contributed by atoms with E-state index in [0.717, 1.165) is 11.4 Å². The third kappa shape index (κ3) is 7.02. The molecular weight excluding hydrogens is 245 g/mol. The van der Waals surface area contributed by atoms with Crippen LogP contribution < -0.4 is 5.32 Å². The van der Waals surface area contributed by atoms with E-state index < -0.39 is 29.2 Å². The topological polar surface area (TPSA) is 49.4 Å². The summed E-state index contributed by atoms with van der Waals surface area (Å²) < 4.78 is 59.3. The molecule has 0 spiro atoms. The molecule has 16 heavy (non-hydrogen) atoms. The summed E-state index contributed by atoms with van der Waals surface area (Å²) >= 11 is 0. The van der Waals surface area contributed by atoms with Crippen LogP contribution in [0.1, 0.15) is 13.3 Å². The minimum absolute atomic E-state index is 0.185. The molecule has 1 N–H and O–H groups in total. The van der Waals surface area contributed by atoms with Gasteiger partial charge < -0.3 is 5.32 Å². The SMILES string of the molecule is CCNCCS(=O)(=O)N(C)CCC(F)(F)F. The van der Waals surface area contributed by atoms with E-state index in [-0.39, 0.29) is 12.3 Å². The van der Waals surface area contributed by atoms with Crippen LogP contribution in [0.4, 0.5) is 13.2 Å². The van der Waals surface area contributed by atoms with Crippen LogP contribution in [0.15, 0.2) is 0 Å². The molecule has 0 fully saturated rings. The Morgan fingerprint density at radius 1 is 1.31 bits per heavy atom. The van der Waals surface area contributed by atoms with Gasteiger partial charge in [-0.1, -0.05) is 6.92 Å². The van der Waals surface area contributed by atoms with Crippen molar-refractivity contribution in [1.29, 1.82) is 0 Å². The predicted molar refractivity (Wildman–Crippen MR) is 55.6 cm³/mol. The smallest absolute Gasteiger partial charge is 0.316 e. The molecule has 8 heteroatoms. The lowest BCUT2D eigenvalue weighted by molar-refractivity contribution is -0.135. The summed E-state index contributed by atoms with van der Waals surface area (Å²) in [6, 6.07) is 0. The minimum atomic E-state index is -4.33. The van der Waals surface area contributed by atoms with Crippen molar-refractivity contribution in [1.82, 2.24) is 9.62 Å². The summed E-state index contributed by atoms with van der Waals surface area (Å²) in [5.41, 5.74) is 0. The van der Waals surface area contributed by atoms with E-state index in [1.54, 1.807) is 0 Å². The zero-order valence-electron chi connectivity index (χ0n) is 9.34. The maximum atomic E-state index is 11.9. The van der Waals surface area contributed by atoms with Crippen LogP contribution >= 0.6 is 0 Å². The van der Waals surface area contributed by atoms with Gasteiger partial charge in [0.2, 0.25) is 10.0 Å². The van der Waals surface area contributed by atoms with Gasteiger partial charge in [-0.15, -0.1) is 0 Å². The average molecular weight is 262 g/mol. The van der Waals surface area contributed by atoms with Crippen molar-refractivity contribution in [3.8, 4) is 0 Å². The molecule has 0 atom stereocenters. The average Bonchev–Trinajstić information content (AvgIpc) is 2.13. The zero-order chi connectivity index (χ0) is 12.8. The van der Waals surface area contributed by atoms with Gasteiger partial charge >= 0.3 is 6.18 Å². The Morgan fingerprint density at radius 2 is 1.88 bits per heavy atom. The monoisotopic (exact) mass is 262 g/mol. The van der Waals surface area contributed by atoms with Crippen LogP contribution in [0, 0.1) is 0 Å². The molecule has 0 saturated heterocycles. The van der Waals surface area contributed by atoms with E-state index in [1.165, 1.54) is 0 Å². The molecule has 0 aromatic carbocycles. The number of hydrogen-bond acceptors (Lipinski definition) is 3. The van der Waals surface area contributed by atoms with Crippen molar-refractivity contribution in [2.75, 3.05) is 32.4 Å². The summed E-state index contributed by atoms with van der Waals surface area (Å²) in [6.07, 6.45) is -5.45. The second-order valence-electron chi connectivity index (χ2n) is 3.36. The molecule has 0 aromatic heterocycles. The molecule has 0 heterocycles. The van der Waals surface area contributed by atoms with Crippen LogP contribution in [0.5, 0.6) is 0 Å². The van der Waals surface area contributed by atoms with Gasteiger partial charge in [0.15, 0.2) is 0 Å². The Balaban J connectivity index is 4.10. The van der Waals surface area contributed by atoms with Gasteiger partial charge in [0.05, 0.1) is 12.2 Å². The first-order chi connectivity index (χ1) is 7.19. The second kappa shape index (κ2) is 6.41. The largest absolute Gasteiger partial charge is 0.390 e. The van der Waals surface area contributed by atoms with Gasteiger partial charge in [-0.25, -0.2) is 12.7 Å². The van der Waals surface area contributed by atoms with Crippen LogP contribution in [-0.4, -0.2) is 51.3 Å². The summed E-state index contributed by atoms with van der Waals surface area (Å²) in [7, 11) is -2.42. The molecule has 0 rings (SSSR count). The maximum Gasteiger partial charge on any atom is 0.390 e. The molecule has 98 valence electrons. The van der Waals surface area contributed by atoms with Crippen LogP contribution in [0.25, 0.3) is 0 Å². The second-order valence-corrected chi connectivity index (χ2v) is 5.55. The number of nitrogens with one attached hydrogen (secondary N) is 1. The Hall–Kier alpha value is -0.340. The molecule has 0 unspecified atom stereocenters. The molecule has 0 amide bonds. The number of hydrogen-bond donors (Lipinski definition) is 1. The fourth-order valence-corrected chi connectivity index (χ4v) is 2.04. The van der Waals surface area contributed by atoms with Crippen molar-refractivity contribution >= 4 is 10.0 Å². The Kier molecular flexibility index (Phi) is 6.27. The van der Waals surface area contributed by atoms with E-state index in [0.29, 0.717) is 6.54 Å². The lowest BCUT2D eigenvalue weighted by atomic mass is 10.4. The molecule has 0 aliphatic heterocycles. The van der Waals surface area contributed by atoms with Crippen molar-refractivity contribution in [2.24, 2.45) is 0 Å². The summed E-state index contributed by atoms with van der Waals surface area (Å²) in [4.78, 5) is 0. The molecule has 0 aliphatic carbocycles. The predicted octanol–water partition coefficient (Wildman–Crippen LogP) is 0.810. The lowest BCUT2D eigenvalue weighted by Crippen LogP contribution is -2.35. The summed E-state index contributed by atoms with van der Waals surface area (Å²) in [5.74, 6) is -0.185. The zero-order valence-corrected chi connectivity index (χ0v) is 10.2. The van der Waals surface area contributed by atoms with Crippen molar-refractivity contribution in [2.45, 2.75) is 19.5 Å². The van der Waals surface area contributed by atoms with Crippen molar-refractivity contribution < 1.29 is 21.6 Å². The number of nitrogens with zero attached hydrogens (tertiary/aromatic N) is 1. The third-order valence-electron chi connectivity index (χ3n) is 1.97. The number of alkyl halides is 3. The standard InChI is InChI=1S/C8H17F3N2O2S/c1-3-12-5-7-16(14,15)13(2)6-4-8(9,10)11/h12H,3-7H2,1-2H3. The first-order valence-corrected chi connectivity index (χ1v) is 6.51. The molecule has 0 radical (unpaired) electrons. The van der Waals surface area contributed by atoms with Gasteiger partial charge in [0.25, 0.3) is 0 Å². The van der Waals surface area contributed by atoms with Crippen LogP contribution in [0.2, 0.25) is 0 Å². The van der Waals surface area contributed by atoms with E-state index in [1.807, 2.05) is 6.92 Å². The highest BCUT2D eigenvalue weighted by atomic mass is 32.2. The third-order valence-corrected chi connectivity index (χ3v) is 3.82. The van der Waals surface area contributed by atoms with E-state index in [9.17, 15) is 21.6 Å². The molecule has 0 aromatic rings. The van der Waals surface area contributed by atoms with E-state index in [4.69, 9.17) is 0 Å². The van der Waals surface area contributed by atoms with E-state index in [2.05, 4.69) is 5.32 Å². The fraction of sp³-hybridized carbons (Fsp3) is 1.00. The van der Waals surface area contributed by atoms with Crippen molar-refractivity contribution in [3.63, 3.8) is 0 Å².